The van der Waals surface area contributed by atoms with Crippen molar-refractivity contribution in [3.63, 3.8) is 0 Å². The zero-order valence-corrected chi connectivity index (χ0v) is 11.3. The molecule has 3 nitrogen and oxygen atoms in total. The van der Waals surface area contributed by atoms with Gasteiger partial charge in [0, 0.05) is 6.04 Å². The van der Waals surface area contributed by atoms with E-state index in [0.29, 0.717) is 5.92 Å². The summed E-state index contributed by atoms with van der Waals surface area (Å²) in [5.41, 5.74) is 5.48. The molecule has 0 radical (unpaired) electrons. The third-order valence-corrected chi connectivity index (χ3v) is 3.67. The molecule has 3 heteroatoms. The normalized spacial score (nSPS) is 30.4. The molecule has 0 bridgehead atoms. The number of carbonyl (C=O) groups excluding carboxylic acids is 1. The second-order valence-electron chi connectivity index (χ2n) is 6.61. The van der Waals surface area contributed by atoms with Gasteiger partial charge in [0.15, 0.2) is 0 Å². The quantitative estimate of drug-likeness (QED) is 0.737. The lowest BCUT2D eigenvalue weighted by Crippen LogP contribution is -2.56. The Hall–Kier alpha value is -0.570. The van der Waals surface area contributed by atoms with Gasteiger partial charge in [0.1, 0.15) is 5.60 Å². The molecule has 1 aliphatic carbocycles. The molecule has 16 heavy (non-hydrogen) atoms. The fourth-order valence-corrected chi connectivity index (χ4v) is 2.62. The summed E-state index contributed by atoms with van der Waals surface area (Å²) in [5.74, 6) is 0.349. The molecule has 1 rings (SSSR count). The minimum absolute atomic E-state index is 0.00252. The molecular weight excluding hydrogens is 202 g/mol. The van der Waals surface area contributed by atoms with Crippen LogP contribution in [0.3, 0.4) is 0 Å². The van der Waals surface area contributed by atoms with E-state index >= 15 is 0 Å². The smallest absolute Gasteiger partial charge is 0.310 e. The van der Waals surface area contributed by atoms with E-state index in [0.717, 1.165) is 6.42 Å². The topological polar surface area (TPSA) is 52.3 Å². The van der Waals surface area contributed by atoms with Crippen LogP contribution in [-0.4, -0.2) is 17.6 Å². The number of ether oxygens (including phenoxy) is 1. The number of carbonyl (C=O) groups is 1. The second kappa shape index (κ2) is 4.02. The van der Waals surface area contributed by atoms with E-state index in [9.17, 15) is 4.79 Å². The molecule has 0 aromatic carbocycles. The summed E-state index contributed by atoms with van der Waals surface area (Å²) in [7, 11) is 0. The molecule has 0 aromatic heterocycles. The van der Waals surface area contributed by atoms with Gasteiger partial charge in [-0.25, -0.2) is 0 Å². The summed E-state index contributed by atoms with van der Waals surface area (Å²) < 4.78 is 5.43. The molecular formula is C13H25NO2. The predicted molar refractivity (Wildman–Crippen MR) is 64.9 cm³/mol. The van der Waals surface area contributed by atoms with Crippen LogP contribution < -0.4 is 5.73 Å². The molecule has 94 valence electrons. The highest BCUT2D eigenvalue weighted by molar-refractivity contribution is 5.75. The zero-order chi connectivity index (χ0) is 12.7. The summed E-state index contributed by atoms with van der Waals surface area (Å²) >= 11 is 0. The first-order valence-corrected chi connectivity index (χ1v) is 6.04. The van der Waals surface area contributed by atoms with E-state index < -0.39 is 5.60 Å². The summed E-state index contributed by atoms with van der Waals surface area (Å²) in [6.07, 6.45) is 0.861. The van der Waals surface area contributed by atoms with Crippen molar-refractivity contribution in [3.8, 4) is 0 Å². The Balaban J connectivity index is 2.63. The van der Waals surface area contributed by atoms with Crippen LogP contribution in [0, 0.1) is 17.3 Å². The van der Waals surface area contributed by atoms with Gasteiger partial charge in [-0.15, -0.1) is 0 Å². The summed E-state index contributed by atoms with van der Waals surface area (Å²) in [6, 6.07) is 0.147. The number of hydrogen-bond acceptors (Lipinski definition) is 3. The lowest BCUT2D eigenvalue weighted by Gasteiger charge is -2.52. The van der Waals surface area contributed by atoms with Crippen molar-refractivity contribution in [2.24, 2.45) is 23.0 Å². The van der Waals surface area contributed by atoms with Gasteiger partial charge < -0.3 is 10.5 Å². The van der Waals surface area contributed by atoms with Gasteiger partial charge in [0.2, 0.25) is 0 Å². The van der Waals surface area contributed by atoms with Crippen LogP contribution in [0.15, 0.2) is 0 Å². The Morgan fingerprint density at radius 2 is 1.94 bits per heavy atom. The van der Waals surface area contributed by atoms with Crippen LogP contribution in [0.25, 0.3) is 0 Å². The molecule has 0 aromatic rings. The highest BCUT2D eigenvalue weighted by Crippen LogP contribution is 2.53. The van der Waals surface area contributed by atoms with Crippen LogP contribution in [-0.2, 0) is 9.53 Å². The Morgan fingerprint density at radius 1 is 1.44 bits per heavy atom. The first-order valence-electron chi connectivity index (χ1n) is 6.04. The van der Waals surface area contributed by atoms with Crippen molar-refractivity contribution in [1.29, 1.82) is 0 Å². The van der Waals surface area contributed by atoms with Gasteiger partial charge in [0.05, 0.1) is 5.92 Å². The van der Waals surface area contributed by atoms with Crippen molar-refractivity contribution in [1.82, 2.24) is 0 Å². The standard InChI is InChI=1S/C13H25NO2/c1-8(14)9-7-10(13(9,5)6)11(15)16-12(2,3)4/h8-10H,7,14H2,1-6H3/t8-,9-,10+/m0/s1. The molecule has 0 unspecified atom stereocenters. The van der Waals surface area contributed by atoms with Crippen LogP contribution in [0.1, 0.15) is 48.0 Å². The Kier molecular flexibility index (Phi) is 3.39. The Labute approximate surface area is 98.7 Å². The van der Waals surface area contributed by atoms with E-state index in [-0.39, 0.29) is 23.3 Å². The third-order valence-electron chi connectivity index (χ3n) is 3.67. The Morgan fingerprint density at radius 3 is 2.25 bits per heavy atom. The molecule has 0 spiro atoms. The number of nitrogens with two attached hydrogens (primary N) is 1. The first kappa shape index (κ1) is 13.5. The highest BCUT2D eigenvalue weighted by atomic mass is 16.6. The van der Waals surface area contributed by atoms with Crippen LogP contribution in [0.5, 0.6) is 0 Å². The molecule has 1 aliphatic rings. The lowest BCUT2D eigenvalue weighted by atomic mass is 9.53. The van der Waals surface area contributed by atoms with Gasteiger partial charge in [-0.2, -0.15) is 0 Å². The van der Waals surface area contributed by atoms with Gasteiger partial charge in [0.25, 0.3) is 0 Å². The third kappa shape index (κ3) is 2.57. The first-order chi connectivity index (χ1) is 7.05. The summed E-state index contributed by atoms with van der Waals surface area (Å²) in [6.45, 7) is 11.9. The van der Waals surface area contributed by atoms with Crippen molar-refractivity contribution < 1.29 is 9.53 Å². The maximum absolute atomic E-state index is 12.0. The summed E-state index contributed by atoms with van der Waals surface area (Å²) in [5, 5.41) is 0. The largest absolute Gasteiger partial charge is 0.460 e. The minimum Gasteiger partial charge on any atom is -0.460 e. The number of hydrogen-bond donors (Lipinski definition) is 1. The average molecular weight is 227 g/mol. The monoisotopic (exact) mass is 227 g/mol. The molecule has 3 atom stereocenters. The van der Waals surface area contributed by atoms with Gasteiger partial charge in [-0.3, -0.25) is 4.79 Å². The van der Waals surface area contributed by atoms with Crippen molar-refractivity contribution >= 4 is 5.97 Å². The van der Waals surface area contributed by atoms with E-state index in [1.165, 1.54) is 0 Å². The molecule has 1 saturated carbocycles. The molecule has 1 fully saturated rings. The molecule has 0 heterocycles. The van der Waals surface area contributed by atoms with E-state index in [1.54, 1.807) is 0 Å². The number of esters is 1. The van der Waals surface area contributed by atoms with E-state index in [1.807, 2.05) is 27.7 Å². The Bertz CT molecular complexity index is 276. The SMILES string of the molecule is C[C@H](N)[C@@H]1C[C@H](C(=O)OC(C)(C)C)C1(C)C. The van der Waals surface area contributed by atoms with Gasteiger partial charge in [-0.05, 0) is 45.4 Å². The fraction of sp³-hybridized carbons (Fsp3) is 0.923. The van der Waals surface area contributed by atoms with Crippen LogP contribution in [0.2, 0.25) is 0 Å². The molecule has 2 N–H and O–H groups in total. The highest BCUT2D eigenvalue weighted by Gasteiger charge is 2.54. The van der Waals surface area contributed by atoms with Gasteiger partial charge in [-0.1, -0.05) is 13.8 Å². The van der Waals surface area contributed by atoms with Gasteiger partial charge >= 0.3 is 5.97 Å². The zero-order valence-electron chi connectivity index (χ0n) is 11.3. The maximum Gasteiger partial charge on any atom is 0.310 e. The number of rotatable bonds is 2. The molecule has 0 amide bonds. The van der Waals surface area contributed by atoms with Crippen molar-refractivity contribution in [2.75, 3.05) is 0 Å². The van der Waals surface area contributed by atoms with Crippen LogP contribution in [0.4, 0.5) is 0 Å². The minimum atomic E-state index is -0.396. The second-order valence-corrected chi connectivity index (χ2v) is 6.61. The average Bonchev–Trinajstić information content (AvgIpc) is 1.97. The van der Waals surface area contributed by atoms with Crippen molar-refractivity contribution in [3.05, 3.63) is 0 Å². The maximum atomic E-state index is 12.0. The molecule has 0 saturated heterocycles. The van der Waals surface area contributed by atoms with Crippen LogP contribution >= 0.6 is 0 Å². The lowest BCUT2D eigenvalue weighted by molar-refractivity contribution is -0.177. The predicted octanol–water partition coefficient (Wildman–Crippen LogP) is 2.34. The molecule has 0 aliphatic heterocycles. The van der Waals surface area contributed by atoms with E-state index in [2.05, 4.69) is 13.8 Å². The fourth-order valence-electron chi connectivity index (χ4n) is 2.62. The van der Waals surface area contributed by atoms with Crippen molar-refractivity contribution in [2.45, 2.75) is 59.6 Å². The van der Waals surface area contributed by atoms with E-state index in [4.69, 9.17) is 10.5 Å². The summed E-state index contributed by atoms with van der Waals surface area (Å²) in [4.78, 5) is 12.0.